The van der Waals surface area contributed by atoms with Gasteiger partial charge in [0.1, 0.15) is 11.4 Å². The Balaban J connectivity index is 1.89. The van der Waals surface area contributed by atoms with Gasteiger partial charge in [0.25, 0.3) is 5.91 Å². The quantitative estimate of drug-likeness (QED) is 0.598. The third kappa shape index (κ3) is 3.87. The van der Waals surface area contributed by atoms with Gasteiger partial charge in [-0.15, -0.1) is 13.2 Å². The van der Waals surface area contributed by atoms with Crippen LogP contribution in [0.3, 0.4) is 0 Å². The molecule has 1 atom stereocenters. The SMILES string of the molecule is CC1(C)C(=O)N(c2ccc([S+]([O-])C(F)(F)F)cc2)C(=O)N1Cc1ccnc(N)c1. The first-order chi connectivity index (χ1) is 13.4. The highest BCUT2D eigenvalue weighted by Crippen LogP contribution is 2.35. The fourth-order valence-electron chi connectivity index (χ4n) is 2.96. The molecule has 2 heterocycles. The van der Waals surface area contributed by atoms with Crippen LogP contribution in [0.4, 0.5) is 29.5 Å². The highest BCUT2D eigenvalue weighted by Gasteiger charge is 2.52. The van der Waals surface area contributed by atoms with Crippen LogP contribution in [-0.2, 0) is 22.5 Å². The number of benzene rings is 1. The van der Waals surface area contributed by atoms with Crippen LogP contribution in [0, 0.1) is 0 Å². The summed E-state index contributed by atoms with van der Waals surface area (Å²) >= 11 is -3.20. The summed E-state index contributed by atoms with van der Waals surface area (Å²) in [5, 5.41) is 0. The number of anilines is 2. The molecule has 1 unspecified atom stereocenters. The van der Waals surface area contributed by atoms with Crippen molar-refractivity contribution >= 4 is 34.6 Å². The zero-order valence-corrected chi connectivity index (χ0v) is 16.3. The second kappa shape index (κ2) is 7.23. The van der Waals surface area contributed by atoms with Gasteiger partial charge in [0.05, 0.1) is 16.9 Å². The predicted octanol–water partition coefficient (Wildman–Crippen LogP) is 3.04. The summed E-state index contributed by atoms with van der Waals surface area (Å²) in [6, 6.07) is 6.92. The van der Waals surface area contributed by atoms with Crippen molar-refractivity contribution in [2.24, 2.45) is 0 Å². The van der Waals surface area contributed by atoms with E-state index in [0.29, 0.717) is 5.56 Å². The molecular formula is C18H17F3N4O3S. The number of alkyl halides is 3. The van der Waals surface area contributed by atoms with Gasteiger partial charge >= 0.3 is 11.5 Å². The van der Waals surface area contributed by atoms with Crippen LogP contribution in [-0.4, -0.2) is 37.4 Å². The molecule has 3 amide bonds. The molecule has 29 heavy (non-hydrogen) atoms. The lowest BCUT2D eigenvalue weighted by Gasteiger charge is -2.27. The molecule has 2 N–H and O–H groups in total. The van der Waals surface area contributed by atoms with Crippen LogP contribution < -0.4 is 10.6 Å². The average molecular weight is 426 g/mol. The van der Waals surface area contributed by atoms with E-state index in [0.717, 1.165) is 17.0 Å². The molecule has 1 aromatic heterocycles. The van der Waals surface area contributed by atoms with E-state index in [4.69, 9.17) is 5.73 Å². The minimum Gasteiger partial charge on any atom is -0.604 e. The van der Waals surface area contributed by atoms with Gasteiger partial charge in [0, 0.05) is 12.7 Å². The first-order valence-electron chi connectivity index (χ1n) is 8.38. The number of nitrogen functional groups attached to an aromatic ring is 1. The van der Waals surface area contributed by atoms with E-state index in [-0.39, 0.29) is 18.1 Å². The summed E-state index contributed by atoms with van der Waals surface area (Å²) in [4.78, 5) is 31.5. The Morgan fingerprint density at radius 3 is 2.34 bits per heavy atom. The van der Waals surface area contributed by atoms with Crippen LogP contribution in [0.2, 0.25) is 0 Å². The number of amides is 3. The van der Waals surface area contributed by atoms with E-state index >= 15 is 0 Å². The minimum atomic E-state index is -4.90. The molecule has 1 aliphatic rings. The lowest BCUT2D eigenvalue weighted by Crippen LogP contribution is -2.43. The highest BCUT2D eigenvalue weighted by molar-refractivity contribution is 7.92. The first-order valence-corrected chi connectivity index (χ1v) is 9.53. The van der Waals surface area contributed by atoms with Gasteiger partial charge in [0.2, 0.25) is 0 Å². The molecule has 2 aromatic rings. The standard InChI is InChI=1S/C18H17F3N4O3S/c1-17(2)15(26)25(12-3-5-13(6-4-12)29(28)18(19,20)21)16(27)24(17)10-11-7-8-23-14(22)9-11/h3-9H,10H2,1-2H3,(H2,22,23). The number of rotatable bonds is 4. The van der Waals surface area contributed by atoms with Gasteiger partial charge < -0.3 is 15.2 Å². The predicted molar refractivity (Wildman–Crippen MR) is 100 cm³/mol. The maximum Gasteiger partial charge on any atom is 0.578 e. The third-order valence-corrected chi connectivity index (χ3v) is 5.65. The highest BCUT2D eigenvalue weighted by atomic mass is 32.2. The fraction of sp³-hybridized carbons (Fsp3) is 0.278. The van der Waals surface area contributed by atoms with Gasteiger partial charge in [-0.05, 0) is 55.8 Å². The maximum atomic E-state index is 12.9. The lowest BCUT2D eigenvalue weighted by atomic mass is 10.0. The molecule has 1 aromatic carbocycles. The Morgan fingerprint density at radius 1 is 1.17 bits per heavy atom. The summed E-state index contributed by atoms with van der Waals surface area (Å²) in [6.45, 7) is 3.24. The number of halogens is 3. The normalized spacial score (nSPS) is 17.7. The zero-order chi connectivity index (χ0) is 21.6. The van der Waals surface area contributed by atoms with Crippen molar-refractivity contribution in [3.8, 4) is 0 Å². The van der Waals surface area contributed by atoms with Crippen LogP contribution in [0.15, 0.2) is 47.5 Å². The molecule has 7 nitrogen and oxygen atoms in total. The van der Waals surface area contributed by atoms with Gasteiger partial charge in [-0.1, -0.05) is 0 Å². The third-order valence-electron chi connectivity index (χ3n) is 4.53. The molecule has 0 spiro atoms. The van der Waals surface area contributed by atoms with Gasteiger partial charge in [0.15, 0.2) is 4.90 Å². The molecule has 11 heteroatoms. The van der Waals surface area contributed by atoms with Crippen LogP contribution in [0.5, 0.6) is 0 Å². The molecule has 1 aliphatic heterocycles. The number of urea groups is 1. The van der Waals surface area contributed by atoms with Crippen LogP contribution >= 0.6 is 0 Å². The van der Waals surface area contributed by atoms with Gasteiger partial charge in [-0.25, -0.2) is 14.7 Å². The number of nitrogens with zero attached hydrogens (tertiary/aromatic N) is 3. The molecule has 154 valence electrons. The summed E-state index contributed by atoms with van der Waals surface area (Å²) in [5.41, 5.74) is 0.326. The average Bonchev–Trinajstić information content (AvgIpc) is 2.80. The first kappa shape index (κ1) is 20.9. The zero-order valence-electron chi connectivity index (χ0n) is 15.4. The number of hydrogen-bond donors (Lipinski definition) is 1. The number of hydrogen-bond acceptors (Lipinski definition) is 5. The van der Waals surface area contributed by atoms with E-state index in [2.05, 4.69) is 4.98 Å². The molecule has 0 saturated carbocycles. The summed E-state index contributed by atoms with van der Waals surface area (Å²) in [6.07, 6.45) is 1.48. The molecule has 0 aliphatic carbocycles. The number of imide groups is 1. The fourth-order valence-corrected chi connectivity index (χ4v) is 3.61. The topological polar surface area (TPSA) is 103 Å². The van der Waals surface area contributed by atoms with Crippen molar-refractivity contribution in [3.05, 3.63) is 48.2 Å². The smallest absolute Gasteiger partial charge is 0.578 e. The Kier molecular flexibility index (Phi) is 5.22. The number of pyridine rings is 1. The molecule has 1 fully saturated rings. The molecule has 1 saturated heterocycles. The number of carbonyl (C=O) groups excluding carboxylic acids is 2. The largest absolute Gasteiger partial charge is 0.604 e. The molecule has 0 radical (unpaired) electrons. The summed E-state index contributed by atoms with van der Waals surface area (Å²) in [7, 11) is 0. The van der Waals surface area contributed by atoms with Crippen LogP contribution in [0.1, 0.15) is 19.4 Å². The minimum absolute atomic E-state index is 0.0905. The second-order valence-corrected chi connectivity index (χ2v) is 8.34. The summed E-state index contributed by atoms with van der Waals surface area (Å²) in [5.74, 6) is -0.266. The van der Waals surface area contributed by atoms with E-state index in [1.807, 2.05) is 0 Å². The van der Waals surface area contributed by atoms with E-state index < -0.39 is 39.1 Å². The van der Waals surface area contributed by atoms with Crippen molar-refractivity contribution in [2.45, 2.75) is 36.3 Å². The van der Waals surface area contributed by atoms with E-state index in [1.165, 1.54) is 23.2 Å². The maximum absolute atomic E-state index is 12.9. The lowest BCUT2D eigenvalue weighted by molar-refractivity contribution is -0.123. The van der Waals surface area contributed by atoms with Gasteiger partial charge in [-0.3, -0.25) is 4.79 Å². The number of aromatic nitrogens is 1. The van der Waals surface area contributed by atoms with E-state index in [1.54, 1.807) is 26.0 Å². The molecule has 3 rings (SSSR count). The monoisotopic (exact) mass is 426 g/mol. The van der Waals surface area contributed by atoms with Crippen molar-refractivity contribution in [3.63, 3.8) is 0 Å². The van der Waals surface area contributed by atoms with Crippen LogP contribution in [0.25, 0.3) is 0 Å². The number of carbonyl (C=O) groups is 2. The Labute approximate surface area is 167 Å². The van der Waals surface area contributed by atoms with E-state index in [9.17, 15) is 27.3 Å². The van der Waals surface area contributed by atoms with Crippen molar-refractivity contribution < 1.29 is 27.3 Å². The molecular weight excluding hydrogens is 409 g/mol. The second-order valence-electron chi connectivity index (χ2n) is 6.87. The van der Waals surface area contributed by atoms with Gasteiger partial charge in [-0.2, -0.15) is 0 Å². The van der Waals surface area contributed by atoms with Crippen molar-refractivity contribution in [2.75, 3.05) is 10.6 Å². The van der Waals surface area contributed by atoms with Crippen molar-refractivity contribution in [1.82, 2.24) is 9.88 Å². The Morgan fingerprint density at radius 2 is 1.79 bits per heavy atom. The Hall–Kier alpha value is -2.79. The number of nitrogens with two attached hydrogens (primary N) is 1. The van der Waals surface area contributed by atoms with Crippen molar-refractivity contribution in [1.29, 1.82) is 0 Å². The Bertz CT molecular complexity index is 950. The molecule has 0 bridgehead atoms. The summed E-state index contributed by atoms with van der Waals surface area (Å²) < 4.78 is 49.3.